The van der Waals surface area contributed by atoms with Crippen LogP contribution in [0.2, 0.25) is 0 Å². The Morgan fingerprint density at radius 1 is 1.18 bits per heavy atom. The van der Waals surface area contributed by atoms with Crippen molar-refractivity contribution in [2.24, 2.45) is 4.99 Å². The molecule has 170 valence electrons. The standard InChI is InChI=1S/C20H18F3N9O/c1-9-3-4-11(7-24-9)27-19-25-8-13(20(21,22)23)16(29-19)15-12-5-6-14(28-17(12)31-30-15)18-26-10(2)33-32-18/h5-6,8-9,24H,3-4,7H2,1-2H3,(H,28,30,31)/b27-11-/t9-/m0/s1. The summed E-state index contributed by atoms with van der Waals surface area (Å²) in [6, 6.07) is 3.52. The van der Waals surface area contributed by atoms with Gasteiger partial charge in [0, 0.05) is 36.8 Å². The van der Waals surface area contributed by atoms with E-state index in [4.69, 9.17) is 4.52 Å². The zero-order valence-electron chi connectivity index (χ0n) is 17.6. The van der Waals surface area contributed by atoms with E-state index in [1.807, 2.05) is 0 Å². The van der Waals surface area contributed by atoms with Crippen molar-refractivity contribution in [1.82, 2.24) is 40.6 Å². The molecule has 1 aliphatic heterocycles. The summed E-state index contributed by atoms with van der Waals surface area (Å²) in [4.78, 5) is 20.8. The monoisotopic (exact) mass is 457 g/mol. The van der Waals surface area contributed by atoms with E-state index in [0.29, 0.717) is 29.6 Å². The van der Waals surface area contributed by atoms with E-state index in [-0.39, 0.29) is 28.8 Å². The molecule has 0 saturated carbocycles. The topological polar surface area (TPSA) is 131 Å². The zero-order valence-corrected chi connectivity index (χ0v) is 17.6. The Labute approximate surface area is 184 Å². The molecule has 2 N–H and O–H groups in total. The lowest BCUT2D eigenvalue weighted by molar-refractivity contribution is -0.137. The van der Waals surface area contributed by atoms with Gasteiger partial charge in [-0.15, -0.1) is 0 Å². The molecule has 0 unspecified atom stereocenters. The van der Waals surface area contributed by atoms with Crippen LogP contribution in [0.3, 0.4) is 0 Å². The smallest absolute Gasteiger partial charge is 0.339 e. The van der Waals surface area contributed by atoms with Gasteiger partial charge < -0.3 is 9.84 Å². The quantitative estimate of drug-likeness (QED) is 0.477. The number of nitrogens with zero attached hydrogens (tertiary/aromatic N) is 7. The van der Waals surface area contributed by atoms with Gasteiger partial charge in [-0.1, -0.05) is 5.16 Å². The summed E-state index contributed by atoms with van der Waals surface area (Å²) >= 11 is 0. The van der Waals surface area contributed by atoms with Gasteiger partial charge >= 0.3 is 6.18 Å². The van der Waals surface area contributed by atoms with Crippen LogP contribution in [0, 0.1) is 6.92 Å². The van der Waals surface area contributed by atoms with Crippen molar-refractivity contribution >= 4 is 22.7 Å². The van der Waals surface area contributed by atoms with Crippen molar-refractivity contribution in [2.45, 2.75) is 38.9 Å². The van der Waals surface area contributed by atoms with Crippen molar-refractivity contribution < 1.29 is 17.7 Å². The van der Waals surface area contributed by atoms with E-state index >= 15 is 0 Å². The fourth-order valence-corrected chi connectivity index (χ4v) is 3.53. The van der Waals surface area contributed by atoms with Crippen LogP contribution in [0.25, 0.3) is 33.9 Å². The second-order valence-electron chi connectivity index (χ2n) is 7.73. The maximum absolute atomic E-state index is 13.8. The molecule has 0 bridgehead atoms. The van der Waals surface area contributed by atoms with Gasteiger partial charge in [0.1, 0.15) is 17.0 Å². The first-order valence-electron chi connectivity index (χ1n) is 10.2. The maximum Gasteiger partial charge on any atom is 0.420 e. The van der Waals surface area contributed by atoms with E-state index in [2.05, 4.69) is 52.5 Å². The highest BCUT2D eigenvalue weighted by atomic mass is 19.4. The summed E-state index contributed by atoms with van der Waals surface area (Å²) in [5.41, 5.74) is 0.0823. The fraction of sp³-hybridized carbons (Fsp3) is 0.350. The van der Waals surface area contributed by atoms with Gasteiger partial charge in [-0.05, 0) is 31.9 Å². The van der Waals surface area contributed by atoms with Gasteiger partial charge in [-0.25, -0.2) is 19.9 Å². The molecule has 13 heteroatoms. The first-order valence-corrected chi connectivity index (χ1v) is 10.2. The van der Waals surface area contributed by atoms with Gasteiger partial charge in [0.2, 0.25) is 17.7 Å². The van der Waals surface area contributed by atoms with Crippen molar-refractivity contribution in [3.63, 3.8) is 0 Å². The SMILES string of the molecule is Cc1nc(-c2ccc3c(-c4nc(/N=C5/CC[C@H](C)NC5)ncc4C(F)(F)F)[nH]nc3n2)no1. The first-order chi connectivity index (χ1) is 15.8. The molecular formula is C20H18F3N9O. The number of hydrogen-bond acceptors (Lipinski definition) is 9. The Balaban J connectivity index is 1.58. The third-order valence-electron chi connectivity index (χ3n) is 5.27. The Morgan fingerprint density at radius 3 is 2.73 bits per heavy atom. The molecule has 1 aliphatic rings. The van der Waals surface area contributed by atoms with Crippen LogP contribution in [-0.4, -0.2) is 53.6 Å². The number of halogens is 3. The number of hydrogen-bond donors (Lipinski definition) is 2. The minimum atomic E-state index is -4.67. The number of aromatic nitrogens is 7. The Bertz CT molecular complexity index is 1350. The van der Waals surface area contributed by atoms with Crippen LogP contribution in [-0.2, 0) is 6.18 Å². The third-order valence-corrected chi connectivity index (χ3v) is 5.27. The maximum atomic E-state index is 13.8. The van der Waals surface area contributed by atoms with E-state index in [0.717, 1.165) is 24.8 Å². The first kappa shape index (κ1) is 21.1. The highest BCUT2D eigenvalue weighted by Crippen LogP contribution is 2.38. The number of aryl methyl sites for hydroxylation is 1. The molecule has 4 aromatic heterocycles. The van der Waals surface area contributed by atoms with Crippen LogP contribution in [0.1, 0.15) is 31.2 Å². The van der Waals surface area contributed by atoms with Gasteiger partial charge in [0.15, 0.2) is 5.65 Å². The minimum Gasteiger partial charge on any atom is -0.339 e. The predicted molar refractivity (Wildman–Crippen MR) is 112 cm³/mol. The summed E-state index contributed by atoms with van der Waals surface area (Å²) in [7, 11) is 0. The molecule has 5 rings (SSSR count). The molecule has 0 spiro atoms. The fourth-order valence-electron chi connectivity index (χ4n) is 3.53. The number of pyridine rings is 1. The van der Waals surface area contributed by atoms with Crippen molar-refractivity contribution in [2.75, 3.05) is 6.54 Å². The molecule has 1 atom stereocenters. The molecule has 4 aromatic rings. The second kappa shape index (κ2) is 7.99. The average molecular weight is 457 g/mol. The molecule has 33 heavy (non-hydrogen) atoms. The minimum absolute atomic E-state index is 0.0426. The van der Waals surface area contributed by atoms with E-state index in [1.165, 1.54) is 0 Å². The van der Waals surface area contributed by atoms with E-state index in [9.17, 15) is 13.2 Å². The number of rotatable bonds is 3. The molecule has 0 aliphatic carbocycles. The summed E-state index contributed by atoms with van der Waals surface area (Å²) < 4.78 is 46.2. The van der Waals surface area contributed by atoms with Crippen molar-refractivity contribution in [3.8, 4) is 22.9 Å². The molecule has 0 aromatic carbocycles. The predicted octanol–water partition coefficient (Wildman–Crippen LogP) is 3.64. The summed E-state index contributed by atoms with van der Waals surface area (Å²) in [5.74, 6) is 0.576. The van der Waals surface area contributed by atoms with Crippen LogP contribution < -0.4 is 5.32 Å². The second-order valence-corrected chi connectivity index (χ2v) is 7.73. The van der Waals surface area contributed by atoms with Crippen LogP contribution in [0.5, 0.6) is 0 Å². The molecular weight excluding hydrogens is 439 g/mol. The number of alkyl halides is 3. The normalized spacial score (nSPS) is 18.3. The van der Waals surface area contributed by atoms with E-state index in [1.54, 1.807) is 19.1 Å². The summed E-state index contributed by atoms with van der Waals surface area (Å²) in [6.07, 6.45) is -2.32. The van der Waals surface area contributed by atoms with Crippen LogP contribution >= 0.6 is 0 Å². The van der Waals surface area contributed by atoms with Crippen molar-refractivity contribution in [1.29, 1.82) is 0 Å². The number of H-pyrrole nitrogens is 1. The molecule has 1 fully saturated rings. The number of nitrogens with one attached hydrogen (secondary N) is 2. The number of piperidine rings is 1. The van der Waals surface area contributed by atoms with Gasteiger partial charge in [0.25, 0.3) is 0 Å². The molecule has 0 radical (unpaired) electrons. The van der Waals surface area contributed by atoms with Gasteiger partial charge in [0.05, 0.1) is 5.69 Å². The lowest BCUT2D eigenvalue weighted by Crippen LogP contribution is -2.37. The van der Waals surface area contributed by atoms with Crippen LogP contribution in [0.15, 0.2) is 27.8 Å². The van der Waals surface area contributed by atoms with Crippen LogP contribution in [0.4, 0.5) is 19.1 Å². The summed E-state index contributed by atoms with van der Waals surface area (Å²) in [5, 5.41) is 14.1. The Morgan fingerprint density at radius 2 is 2.03 bits per heavy atom. The number of fused-ring (bicyclic) bond motifs is 1. The molecule has 10 nitrogen and oxygen atoms in total. The third kappa shape index (κ3) is 4.18. The zero-order chi connectivity index (χ0) is 23.2. The number of aromatic amines is 1. The van der Waals surface area contributed by atoms with Gasteiger partial charge in [-0.3, -0.25) is 5.10 Å². The molecule has 5 heterocycles. The van der Waals surface area contributed by atoms with E-state index < -0.39 is 11.7 Å². The molecule has 1 saturated heterocycles. The lowest BCUT2D eigenvalue weighted by atomic mass is 10.1. The summed E-state index contributed by atoms with van der Waals surface area (Å²) in [6.45, 7) is 4.24. The van der Waals surface area contributed by atoms with Crippen molar-refractivity contribution in [3.05, 3.63) is 29.8 Å². The largest absolute Gasteiger partial charge is 0.420 e. The molecule has 0 amide bonds. The number of aliphatic imine (C=N–C) groups is 1. The van der Waals surface area contributed by atoms with Gasteiger partial charge in [-0.2, -0.15) is 23.3 Å². The lowest BCUT2D eigenvalue weighted by Gasteiger charge is -2.20. The Hall–Kier alpha value is -3.74. The Kier molecular flexibility index (Phi) is 5.12. The average Bonchev–Trinajstić information content (AvgIpc) is 3.40. The highest BCUT2D eigenvalue weighted by Gasteiger charge is 2.36. The highest BCUT2D eigenvalue weighted by molar-refractivity contribution is 5.92.